The van der Waals surface area contributed by atoms with Gasteiger partial charge in [-0.25, -0.2) is 0 Å². The molecule has 0 saturated heterocycles. The summed E-state index contributed by atoms with van der Waals surface area (Å²) in [6.07, 6.45) is 5.87. The number of aromatic nitrogens is 1. The van der Waals surface area contributed by atoms with Gasteiger partial charge >= 0.3 is 0 Å². The molecule has 5 heteroatoms. The zero-order chi connectivity index (χ0) is 16.7. The number of aliphatic hydroxyl groups is 1. The van der Waals surface area contributed by atoms with Crippen LogP contribution in [0, 0.1) is 6.92 Å². The van der Waals surface area contributed by atoms with Gasteiger partial charge in [-0.1, -0.05) is 29.8 Å². The van der Waals surface area contributed by atoms with Crippen molar-refractivity contribution in [2.75, 3.05) is 18.6 Å². The SMILES string of the molecule is CSCC(CCO)NC(=O)c1cncc(-c2cccc(C)c2)c1. The Morgan fingerprint density at radius 2 is 2.13 bits per heavy atom. The predicted molar refractivity (Wildman–Crippen MR) is 95.7 cm³/mol. The molecule has 4 nitrogen and oxygen atoms in total. The molecule has 1 heterocycles. The van der Waals surface area contributed by atoms with Crippen molar-refractivity contribution in [3.8, 4) is 11.1 Å². The Morgan fingerprint density at radius 1 is 1.30 bits per heavy atom. The maximum atomic E-state index is 12.4. The van der Waals surface area contributed by atoms with Crippen LogP contribution in [-0.4, -0.2) is 40.7 Å². The second-order valence-corrected chi connectivity index (χ2v) is 6.38. The Labute approximate surface area is 141 Å². The summed E-state index contributed by atoms with van der Waals surface area (Å²) in [5.74, 6) is 0.622. The number of carbonyl (C=O) groups is 1. The third kappa shape index (κ3) is 5.08. The smallest absolute Gasteiger partial charge is 0.253 e. The van der Waals surface area contributed by atoms with Gasteiger partial charge in [-0.05, 0) is 31.2 Å². The minimum Gasteiger partial charge on any atom is -0.396 e. The number of amides is 1. The average molecular weight is 330 g/mol. The number of pyridine rings is 1. The van der Waals surface area contributed by atoms with Crippen molar-refractivity contribution in [1.82, 2.24) is 10.3 Å². The van der Waals surface area contributed by atoms with Gasteiger partial charge in [-0.2, -0.15) is 11.8 Å². The standard InChI is InChI=1S/C18H22N2O2S/c1-13-4-3-5-14(8-13)15-9-16(11-19-10-15)18(22)20-17(6-7-21)12-23-2/h3-5,8-11,17,21H,6-7,12H2,1-2H3,(H,20,22). The van der Waals surface area contributed by atoms with Gasteiger partial charge in [-0.15, -0.1) is 0 Å². The van der Waals surface area contributed by atoms with E-state index in [2.05, 4.69) is 16.4 Å². The second kappa shape index (κ2) is 8.70. The molecule has 1 aromatic heterocycles. The third-order valence-electron chi connectivity index (χ3n) is 3.53. The van der Waals surface area contributed by atoms with E-state index in [1.54, 1.807) is 24.2 Å². The van der Waals surface area contributed by atoms with E-state index in [9.17, 15) is 4.79 Å². The highest BCUT2D eigenvalue weighted by Crippen LogP contribution is 2.20. The Balaban J connectivity index is 2.17. The molecule has 1 atom stereocenters. The van der Waals surface area contributed by atoms with Gasteiger partial charge in [0.05, 0.1) is 5.56 Å². The van der Waals surface area contributed by atoms with Crippen molar-refractivity contribution in [1.29, 1.82) is 0 Å². The topological polar surface area (TPSA) is 62.2 Å². The minimum atomic E-state index is -0.153. The summed E-state index contributed by atoms with van der Waals surface area (Å²) in [5, 5.41) is 12.1. The first-order chi connectivity index (χ1) is 11.1. The van der Waals surface area contributed by atoms with Crippen molar-refractivity contribution in [2.45, 2.75) is 19.4 Å². The summed E-state index contributed by atoms with van der Waals surface area (Å²) in [4.78, 5) is 16.6. The van der Waals surface area contributed by atoms with E-state index in [1.807, 2.05) is 37.4 Å². The highest BCUT2D eigenvalue weighted by molar-refractivity contribution is 7.98. The van der Waals surface area contributed by atoms with Crippen LogP contribution in [0.1, 0.15) is 22.3 Å². The summed E-state index contributed by atoms with van der Waals surface area (Å²) < 4.78 is 0. The maximum absolute atomic E-state index is 12.4. The number of hydrogen-bond donors (Lipinski definition) is 2. The Kier molecular flexibility index (Phi) is 6.62. The molecule has 1 unspecified atom stereocenters. The summed E-state index contributed by atoms with van der Waals surface area (Å²) >= 11 is 1.65. The molecule has 0 fully saturated rings. The molecule has 0 spiro atoms. The van der Waals surface area contributed by atoms with Crippen LogP contribution in [0.5, 0.6) is 0 Å². The molecule has 0 radical (unpaired) electrons. The lowest BCUT2D eigenvalue weighted by molar-refractivity contribution is 0.0935. The second-order valence-electron chi connectivity index (χ2n) is 5.47. The van der Waals surface area contributed by atoms with Gasteiger partial charge < -0.3 is 10.4 Å². The predicted octanol–water partition coefficient (Wildman–Crippen LogP) is 2.90. The first-order valence-corrected chi connectivity index (χ1v) is 8.96. The van der Waals surface area contributed by atoms with Gasteiger partial charge in [0.15, 0.2) is 0 Å². The van der Waals surface area contributed by atoms with Crippen molar-refractivity contribution in [3.05, 3.63) is 53.9 Å². The summed E-state index contributed by atoms with van der Waals surface area (Å²) in [6.45, 7) is 2.10. The third-order valence-corrected chi connectivity index (χ3v) is 4.27. The van der Waals surface area contributed by atoms with Crippen LogP contribution < -0.4 is 5.32 Å². The van der Waals surface area contributed by atoms with Crippen LogP contribution in [-0.2, 0) is 0 Å². The molecular formula is C18H22N2O2S. The first kappa shape index (κ1) is 17.5. The van der Waals surface area contributed by atoms with Crippen molar-refractivity contribution in [3.63, 3.8) is 0 Å². The molecule has 23 heavy (non-hydrogen) atoms. The molecule has 0 aliphatic heterocycles. The quantitative estimate of drug-likeness (QED) is 0.819. The van der Waals surface area contributed by atoms with E-state index in [4.69, 9.17) is 5.11 Å². The molecule has 1 aromatic carbocycles. The van der Waals surface area contributed by atoms with Gasteiger partial charge in [0.1, 0.15) is 0 Å². The van der Waals surface area contributed by atoms with E-state index in [0.29, 0.717) is 12.0 Å². The Morgan fingerprint density at radius 3 is 2.83 bits per heavy atom. The molecule has 2 N–H and O–H groups in total. The number of carbonyl (C=O) groups excluding carboxylic acids is 1. The molecule has 0 aliphatic rings. The molecule has 1 amide bonds. The lowest BCUT2D eigenvalue weighted by Crippen LogP contribution is -2.37. The zero-order valence-electron chi connectivity index (χ0n) is 13.5. The fraction of sp³-hybridized carbons (Fsp3) is 0.333. The summed E-state index contributed by atoms with van der Waals surface area (Å²) in [7, 11) is 0. The first-order valence-electron chi connectivity index (χ1n) is 7.56. The van der Waals surface area contributed by atoms with Crippen LogP contribution >= 0.6 is 11.8 Å². The van der Waals surface area contributed by atoms with Crippen molar-refractivity contribution in [2.24, 2.45) is 0 Å². The van der Waals surface area contributed by atoms with Crippen molar-refractivity contribution >= 4 is 17.7 Å². The molecule has 2 aromatic rings. The lowest BCUT2D eigenvalue weighted by atomic mass is 10.0. The van der Waals surface area contributed by atoms with Crippen LogP contribution in [0.4, 0.5) is 0 Å². The maximum Gasteiger partial charge on any atom is 0.253 e. The van der Waals surface area contributed by atoms with Gasteiger partial charge in [0.25, 0.3) is 5.91 Å². The number of benzene rings is 1. The Bertz CT molecular complexity index is 655. The van der Waals surface area contributed by atoms with Gasteiger partial charge in [0.2, 0.25) is 0 Å². The molecule has 122 valence electrons. The van der Waals surface area contributed by atoms with Crippen LogP contribution in [0.25, 0.3) is 11.1 Å². The van der Waals surface area contributed by atoms with Crippen molar-refractivity contribution < 1.29 is 9.90 Å². The minimum absolute atomic E-state index is 0.0369. The van der Waals surface area contributed by atoms with Crippen LogP contribution in [0.3, 0.4) is 0 Å². The highest BCUT2D eigenvalue weighted by Gasteiger charge is 2.14. The van der Waals surface area contributed by atoms with E-state index in [1.165, 1.54) is 5.56 Å². The highest BCUT2D eigenvalue weighted by atomic mass is 32.2. The van der Waals surface area contributed by atoms with E-state index >= 15 is 0 Å². The fourth-order valence-corrected chi connectivity index (χ4v) is 3.02. The van der Waals surface area contributed by atoms with Crippen LogP contribution in [0.2, 0.25) is 0 Å². The normalized spacial score (nSPS) is 12.0. The number of thioether (sulfide) groups is 1. The van der Waals surface area contributed by atoms with Gasteiger partial charge in [0, 0.05) is 36.4 Å². The number of aryl methyl sites for hydroxylation is 1. The molecule has 0 aliphatic carbocycles. The molecule has 2 rings (SSSR count). The number of aliphatic hydroxyl groups excluding tert-OH is 1. The Hall–Kier alpha value is -1.85. The van der Waals surface area contributed by atoms with E-state index in [-0.39, 0.29) is 18.6 Å². The number of rotatable bonds is 7. The number of nitrogens with zero attached hydrogens (tertiary/aromatic N) is 1. The number of nitrogens with one attached hydrogen (secondary N) is 1. The summed E-state index contributed by atoms with van der Waals surface area (Å²) in [6, 6.07) is 9.93. The van der Waals surface area contributed by atoms with E-state index in [0.717, 1.165) is 16.9 Å². The molecule has 0 bridgehead atoms. The molecular weight excluding hydrogens is 308 g/mol. The average Bonchev–Trinajstić information content (AvgIpc) is 2.55. The number of hydrogen-bond acceptors (Lipinski definition) is 4. The summed E-state index contributed by atoms with van der Waals surface area (Å²) in [5.41, 5.74) is 3.67. The van der Waals surface area contributed by atoms with E-state index < -0.39 is 0 Å². The molecule has 0 saturated carbocycles. The fourth-order valence-electron chi connectivity index (χ4n) is 2.37. The van der Waals surface area contributed by atoms with Gasteiger partial charge in [-0.3, -0.25) is 9.78 Å². The van der Waals surface area contributed by atoms with Crippen LogP contribution in [0.15, 0.2) is 42.7 Å². The monoisotopic (exact) mass is 330 g/mol. The zero-order valence-corrected chi connectivity index (χ0v) is 14.3. The lowest BCUT2D eigenvalue weighted by Gasteiger charge is -2.16. The largest absolute Gasteiger partial charge is 0.396 e.